The zero-order valence-electron chi connectivity index (χ0n) is 14.0. The smallest absolute Gasteiger partial charge is 0.331 e. The summed E-state index contributed by atoms with van der Waals surface area (Å²) in [6, 6.07) is 16.2. The fourth-order valence-corrected chi connectivity index (χ4v) is 2.65. The van der Waals surface area contributed by atoms with Gasteiger partial charge in [0.1, 0.15) is 0 Å². The average Bonchev–Trinajstić information content (AvgIpc) is 2.68. The van der Waals surface area contributed by atoms with Crippen molar-refractivity contribution in [2.75, 3.05) is 11.9 Å². The minimum atomic E-state index is -0.655. The summed E-state index contributed by atoms with van der Waals surface area (Å²) in [5, 5.41) is 4.08. The Kier molecular flexibility index (Phi) is 6.06. The summed E-state index contributed by atoms with van der Waals surface area (Å²) in [6.07, 6.45) is 2.75. The number of ether oxygens (including phenoxy) is 1. The van der Waals surface area contributed by atoms with Crippen LogP contribution in [0.3, 0.4) is 0 Å². The molecule has 0 aliphatic heterocycles. The van der Waals surface area contributed by atoms with Gasteiger partial charge in [0.25, 0.3) is 5.91 Å². The third kappa shape index (κ3) is 5.06. The van der Waals surface area contributed by atoms with Crippen molar-refractivity contribution in [3.63, 3.8) is 0 Å². The van der Waals surface area contributed by atoms with Crippen molar-refractivity contribution in [2.45, 2.75) is 0 Å². The van der Waals surface area contributed by atoms with Crippen LogP contribution in [0.2, 0.25) is 10.0 Å². The number of nitrogens with one attached hydrogen (secondary N) is 1. The molecule has 0 unspecified atom stereocenters. The standard InChI is InChI=1S/C20H14Cl2N2O3/c21-15-5-3-7-17(20(15)22)24-18(25)12-27-19(26)11-10-14-9-8-13-4-1-2-6-16(13)23-14/h1-11H,12H2,(H,24,25)/b11-10+. The molecule has 0 saturated carbocycles. The van der Waals surface area contributed by atoms with Gasteiger partial charge in [-0.2, -0.15) is 0 Å². The highest BCUT2D eigenvalue weighted by molar-refractivity contribution is 6.44. The van der Waals surface area contributed by atoms with Gasteiger partial charge in [0, 0.05) is 11.5 Å². The Morgan fingerprint density at radius 3 is 2.70 bits per heavy atom. The topological polar surface area (TPSA) is 68.3 Å². The number of aromatic nitrogens is 1. The van der Waals surface area contributed by atoms with E-state index >= 15 is 0 Å². The van der Waals surface area contributed by atoms with E-state index in [-0.39, 0.29) is 5.02 Å². The van der Waals surface area contributed by atoms with Gasteiger partial charge in [-0.25, -0.2) is 9.78 Å². The monoisotopic (exact) mass is 400 g/mol. The maximum Gasteiger partial charge on any atom is 0.331 e. The number of amides is 1. The molecule has 0 spiro atoms. The highest BCUT2D eigenvalue weighted by Crippen LogP contribution is 2.29. The Bertz CT molecular complexity index is 1030. The predicted molar refractivity (Wildman–Crippen MR) is 107 cm³/mol. The van der Waals surface area contributed by atoms with E-state index in [0.717, 1.165) is 10.9 Å². The fraction of sp³-hybridized carbons (Fsp3) is 0.0500. The molecule has 7 heteroatoms. The molecular weight excluding hydrogens is 387 g/mol. The van der Waals surface area contributed by atoms with E-state index in [1.165, 1.54) is 12.2 Å². The summed E-state index contributed by atoms with van der Waals surface area (Å²) in [4.78, 5) is 28.1. The number of rotatable bonds is 5. The van der Waals surface area contributed by atoms with Gasteiger partial charge >= 0.3 is 5.97 Å². The van der Waals surface area contributed by atoms with Crippen LogP contribution in [0.15, 0.2) is 60.7 Å². The molecule has 1 aromatic heterocycles. The van der Waals surface area contributed by atoms with Crippen LogP contribution in [-0.4, -0.2) is 23.5 Å². The van der Waals surface area contributed by atoms with Gasteiger partial charge in [0.05, 0.1) is 26.9 Å². The number of nitrogens with zero attached hydrogens (tertiary/aromatic N) is 1. The molecule has 0 fully saturated rings. The van der Waals surface area contributed by atoms with E-state index in [9.17, 15) is 9.59 Å². The summed E-state index contributed by atoms with van der Waals surface area (Å²) >= 11 is 11.9. The number of hydrogen-bond acceptors (Lipinski definition) is 4. The number of fused-ring (bicyclic) bond motifs is 1. The first-order chi connectivity index (χ1) is 13.0. The molecule has 0 aliphatic rings. The zero-order chi connectivity index (χ0) is 19.2. The van der Waals surface area contributed by atoms with E-state index in [1.54, 1.807) is 24.3 Å². The molecule has 1 amide bonds. The highest BCUT2D eigenvalue weighted by Gasteiger charge is 2.10. The number of benzene rings is 2. The van der Waals surface area contributed by atoms with Crippen LogP contribution in [0.25, 0.3) is 17.0 Å². The first-order valence-corrected chi connectivity index (χ1v) is 8.73. The quantitative estimate of drug-likeness (QED) is 0.496. The van der Waals surface area contributed by atoms with E-state index in [4.69, 9.17) is 27.9 Å². The number of pyridine rings is 1. The maximum atomic E-state index is 11.9. The zero-order valence-corrected chi connectivity index (χ0v) is 15.5. The summed E-state index contributed by atoms with van der Waals surface area (Å²) in [7, 11) is 0. The number of carbonyl (C=O) groups is 2. The van der Waals surface area contributed by atoms with E-state index in [2.05, 4.69) is 10.3 Å². The number of esters is 1. The molecule has 0 bridgehead atoms. The summed E-state index contributed by atoms with van der Waals surface area (Å²) in [5.74, 6) is -1.18. The molecular formula is C20H14Cl2N2O3. The minimum Gasteiger partial charge on any atom is -0.452 e. The van der Waals surface area contributed by atoms with Gasteiger partial charge in [-0.3, -0.25) is 4.79 Å². The average molecular weight is 401 g/mol. The first kappa shape index (κ1) is 18.9. The van der Waals surface area contributed by atoms with Crippen LogP contribution in [-0.2, 0) is 14.3 Å². The normalized spacial score (nSPS) is 10.9. The molecule has 136 valence electrons. The molecule has 0 atom stereocenters. The number of hydrogen-bond donors (Lipinski definition) is 1. The third-order valence-corrected chi connectivity index (χ3v) is 4.40. The van der Waals surface area contributed by atoms with Gasteiger partial charge in [-0.1, -0.05) is 53.5 Å². The number of para-hydroxylation sites is 1. The van der Waals surface area contributed by atoms with Crippen molar-refractivity contribution >= 4 is 57.7 Å². The number of anilines is 1. The summed E-state index contributed by atoms with van der Waals surface area (Å²) < 4.78 is 4.91. The van der Waals surface area contributed by atoms with Gasteiger partial charge in [-0.15, -0.1) is 0 Å². The molecule has 0 saturated heterocycles. The second kappa shape index (κ2) is 8.66. The summed E-state index contributed by atoms with van der Waals surface area (Å²) in [5.41, 5.74) is 1.78. The second-order valence-electron chi connectivity index (χ2n) is 5.52. The van der Waals surface area contributed by atoms with Crippen LogP contribution in [0, 0.1) is 0 Å². The molecule has 27 heavy (non-hydrogen) atoms. The van der Waals surface area contributed by atoms with Crippen LogP contribution in [0.5, 0.6) is 0 Å². The lowest BCUT2D eigenvalue weighted by Crippen LogP contribution is -2.20. The van der Waals surface area contributed by atoms with Crippen molar-refractivity contribution in [1.29, 1.82) is 0 Å². The van der Waals surface area contributed by atoms with Crippen LogP contribution < -0.4 is 5.32 Å². The fourth-order valence-electron chi connectivity index (χ4n) is 2.30. The SMILES string of the molecule is O=C(COC(=O)/C=C/c1ccc2ccccc2n1)Nc1cccc(Cl)c1Cl. The van der Waals surface area contributed by atoms with Crippen molar-refractivity contribution < 1.29 is 14.3 Å². The van der Waals surface area contributed by atoms with Crippen LogP contribution >= 0.6 is 23.2 Å². The lowest BCUT2D eigenvalue weighted by Gasteiger charge is -2.08. The molecule has 3 rings (SSSR count). The van der Waals surface area contributed by atoms with Crippen molar-refractivity contribution in [3.8, 4) is 0 Å². The molecule has 3 aromatic rings. The third-order valence-electron chi connectivity index (χ3n) is 3.58. The Morgan fingerprint density at radius 2 is 1.85 bits per heavy atom. The van der Waals surface area contributed by atoms with Crippen LogP contribution in [0.1, 0.15) is 5.69 Å². The van der Waals surface area contributed by atoms with E-state index < -0.39 is 18.5 Å². The Morgan fingerprint density at radius 1 is 1.04 bits per heavy atom. The van der Waals surface area contributed by atoms with Crippen molar-refractivity contribution in [3.05, 3.63) is 76.4 Å². The molecule has 0 radical (unpaired) electrons. The molecule has 1 heterocycles. The van der Waals surface area contributed by atoms with E-state index in [0.29, 0.717) is 16.4 Å². The second-order valence-corrected chi connectivity index (χ2v) is 6.30. The number of carbonyl (C=O) groups excluding carboxylic acids is 2. The molecule has 1 N–H and O–H groups in total. The lowest BCUT2D eigenvalue weighted by atomic mass is 10.2. The van der Waals surface area contributed by atoms with E-state index in [1.807, 2.05) is 30.3 Å². The van der Waals surface area contributed by atoms with Gasteiger partial charge < -0.3 is 10.1 Å². The van der Waals surface area contributed by atoms with Crippen LogP contribution in [0.4, 0.5) is 5.69 Å². The summed E-state index contributed by atoms with van der Waals surface area (Å²) in [6.45, 7) is -0.447. The highest BCUT2D eigenvalue weighted by atomic mass is 35.5. The minimum absolute atomic E-state index is 0.223. The maximum absolute atomic E-state index is 11.9. The number of halogens is 2. The Labute approximate surface area is 165 Å². The largest absolute Gasteiger partial charge is 0.452 e. The predicted octanol–water partition coefficient (Wildman–Crippen LogP) is 4.74. The first-order valence-electron chi connectivity index (χ1n) is 7.97. The van der Waals surface area contributed by atoms with Crippen molar-refractivity contribution in [2.24, 2.45) is 0 Å². The van der Waals surface area contributed by atoms with Gasteiger partial charge in [0.2, 0.25) is 0 Å². The van der Waals surface area contributed by atoms with Gasteiger partial charge in [-0.05, 0) is 30.3 Å². The van der Waals surface area contributed by atoms with Crippen molar-refractivity contribution in [1.82, 2.24) is 4.98 Å². The molecule has 5 nitrogen and oxygen atoms in total. The van der Waals surface area contributed by atoms with Gasteiger partial charge in [0.15, 0.2) is 6.61 Å². The molecule has 2 aromatic carbocycles. The lowest BCUT2D eigenvalue weighted by molar-refractivity contribution is -0.142. The Balaban J connectivity index is 1.54. The molecule has 0 aliphatic carbocycles. The Hall–Kier alpha value is -2.89.